The van der Waals surface area contributed by atoms with E-state index in [1.807, 2.05) is 6.20 Å². The average molecular weight is 982 g/mol. The lowest BCUT2D eigenvalue weighted by molar-refractivity contribution is 0.446. The van der Waals surface area contributed by atoms with Crippen LogP contribution in [0.1, 0.15) is 111 Å². The number of phenolic OH excluding ortho intramolecular Hbond substituents is 1. The second-order valence-electron chi connectivity index (χ2n) is 24.7. The number of benzene rings is 8. The van der Waals surface area contributed by atoms with E-state index in [2.05, 4.69) is 277 Å². The Balaban J connectivity index is 1.24. The van der Waals surface area contributed by atoms with Gasteiger partial charge in [-0.3, -0.25) is 9.55 Å². The lowest BCUT2D eigenvalue weighted by Crippen LogP contribution is -2.17. The Labute approximate surface area is 445 Å². The molecule has 1 N–H and O–H groups in total. The molecule has 376 valence electrons. The summed E-state index contributed by atoms with van der Waals surface area (Å²) in [5.41, 5.74) is 21.5. The Morgan fingerprint density at radius 2 is 0.933 bits per heavy atom. The highest BCUT2D eigenvalue weighted by molar-refractivity contribution is 5.98. The van der Waals surface area contributed by atoms with Gasteiger partial charge in [0.15, 0.2) is 0 Å². The fourth-order valence-corrected chi connectivity index (χ4v) is 10.4. The molecule has 0 saturated heterocycles. The van der Waals surface area contributed by atoms with E-state index in [1.54, 1.807) is 0 Å². The van der Waals surface area contributed by atoms with Crippen molar-refractivity contribution in [3.05, 3.63) is 216 Å². The molecule has 0 aliphatic carbocycles. The zero-order valence-electron chi connectivity index (χ0n) is 46.2. The molecule has 0 aliphatic heterocycles. The Bertz CT molecular complexity index is 3720. The minimum absolute atomic E-state index is 0.00751. The number of nitrogens with zero attached hydrogens (tertiary/aromatic N) is 3. The standard InChI is InChI=1S/C71H71N3O/c1-45-37-64(59(44-58(45)49-23-18-15-19-24-49)50-31-33-54(34-32-50)68(2,3)4)74-63-26-20-25-57(65(63)73-67(74)60-42-56(70(8,9)10)43-61(66(60)75)71(11,12)13)52-38-53(40-55(39-52)69(5,6)7)62-41-51(35-36-72-62)48-29-27-47(28-30-48)46-21-16-14-17-22-46/h14-44,75H,1-13H3. The van der Waals surface area contributed by atoms with E-state index < -0.39 is 0 Å². The third-order valence-corrected chi connectivity index (χ3v) is 14.9. The number of aromatic hydroxyl groups is 1. The van der Waals surface area contributed by atoms with Crippen molar-refractivity contribution in [2.75, 3.05) is 0 Å². The van der Waals surface area contributed by atoms with Gasteiger partial charge in [-0.1, -0.05) is 217 Å². The maximum atomic E-state index is 12.8. The van der Waals surface area contributed by atoms with Crippen molar-refractivity contribution in [1.29, 1.82) is 0 Å². The normalized spacial score (nSPS) is 12.4. The summed E-state index contributed by atoms with van der Waals surface area (Å²) in [5.74, 6) is 0.936. The molecule has 75 heavy (non-hydrogen) atoms. The van der Waals surface area contributed by atoms with Crippen molar-refractivity contribution in [2.24, 2.45) is 0 Å². The molecule has 2 aromatic heterocycles. The molecule has 0 fully saturated rings. The first-order valence-electron chi connectivity index (χ1n) is 26.5. The molecule has 0 aliphatic rings. The summed E-state index contributed by atoms with van der Waals surface area (Å²) < 4.78 is 2.32. The van der Waals surface area contributed by atoms with Crippen LogP contribution in [0, 0.1) is 6.92 Å². The van der Waals surface area contributed by atoms with Crippen LogP contribution in [0.2, 0.25) is 0 Å². The van der Waals surface area contributed by atoms with Crippen LogP contribution in [0.25, 0.3) is 95.0 Å². The topological polar surface area (TPSA) is 50.9 Å². The number of fused-ring (bicyclic) bond motifs is 1. The third-order valence-electron chi connectivity index (χ3n) is 14.9. The van der Waals surface area contributed by atoms with Gasteiger partial charge in [0.1, 0.15) is 11.6 Å². The highest BCUT2D eigenvalue weighted by Gasteiger charge is 2.30. The minimum Gasteiger partial charge on any atom is -0.507 e. The summed E-state index contributed by atoms with van der Waals surface area (Å²) >= 11 is 0. The van der Waals surface area contributed by atoms with Crippen LogP contribution < -0.4 is 0 Å². The average Bonchev–Trinajstić information content (AvgIpc) is 3.79. The van der Waals surface area contributed by atoms with Crippen molar-refractivity contribution in [3.63, 3.8) is 0 Å². The molecule has 0 spiro atoms. The van der Waals surface area contributed by atoms with Gasteiger partial charge in [-0.05, 0) is 144 Å². The number of aromatic nitrogens is 3. The highest BCUT2D eigenvalue weighted by Crippen LogP contribution is 2.47. The molecule has 4 nitrogen and oxygen atoms in total. The maximum absolute atomic E-state index is 12.8. The van der Waals surface area contributed by atoms with E-state index in [-0.39, 0.29) is 27.4 Å². The van der Waals surface area contributed by atoms with E-state index in [9.17, 15) is 5.11 Å². The van der Waals surface area contributed by atoms with Crippen molar-refractivity contribution in [2.45, 2.75) is 112 Å². The van der Waals surface area contributed by atoms with E-state index >= 15 is 0 Å². The number of para-hydroxylation sites is 1. The quantitative estimate of drug-likeness (QED) is 0.165. The molecule has 10 rings (SSSR count). The van der Waals surface area contributed by atoms with Gasteiger partial charge < -0.3 is 5.11 Å². The fourth-order valence-electron chi connectivity index (χ4n) is 10.4. The number of rotatable bonds is 8. The number of imidazole rings is 1. The van der Waals surface area contributed by atoms with Gasteiger partial charge in [-0.25, -0.2) is 4.98 Å². The predicted octanol–water partition coefficient (Wildman–Crippen LogP) is 19.3. The van der Waals surface area contributed by atoms with Crippen molar-refractivity contribution >= 4 is 11.0 Å². The zero-order valence-corrected chi connectivity index (χ0v) is 46.2. The number of phenols is 1. The Kier molecular flexibility index (Phi) is 12.9. The van der Waals surface area contributed by atoms with Gasteiger partial charge >= 0.3 is 0 Å². The molecular formula is C71H71N3O. The van der Waals surface area contributed by atoms with Crippen LogP contribution in [0.15, 0.2) is 188 Å². The van der Waals surface area contributed by atoms with E-state index in [1.165, 1.54) is 27.8 Å². The Hall–Kier alpha value is -7.82. The van der Waals surface area contributed by atoms with Gasteiger partial charge in [-0.2, -0.15) is 0 Å². The van der Waals surface area contributed by atoms with Gasteiger partial charge in [0, 0.05) is 28.5 Å². The van der Waals surface area contributed by atoms with Crippen molar-refractivity contribution in [1.82, 2.24) is 14.5 Å². The summed E-state index contributed by atoms with van der Waals surface area (Å²) in [6.45, 7) is 29.1. The zero-order chi connectivity index (χ0) is 53.2. The Morgan fingerprint density at radius 3 is 1.55 bits per heavy atom. The first kappa shape index (κ1) is 50.7. The number of aryl methyl sites for hydroxylation is 1. The molecule has 0 atom stereocenters. The van der Waals surface area contributed by atoms with Gasteiger partial charge in [0.25, 0.3) is 0 Å². The number of pyridine rings is 1. The molecule has 4 heteroatoms. The lowest BCUT2D eigenvalue weighted by Gasteiger charge is -2.28. The van der Waals surface area contributed by atoms with Gasteiger partial charge in [0.2, 0.25) is 0 Å². The number of hydrogen-bond donors (Lipinski definition) is 1. The Morgan fingerprint density at radius 1 is 0.387 bits per heavy atom. The molecule has 2 heterocycles. The van der Waals surface area contributed by atoms with Crippen LogP contribution >= 0.6 is 0 Å². The molecular weight excluding hydrogens is 911 g/mol. The summed E-state index contributed by atoms with van der Waals surface area (Å²) in [5, 5.41) is 12.8. The first-order valence-corrected chi connectivity index (χ1v) is 26.5. The van der Waals surface area contributed by atoms with E-state index in [0.29, 0.717) is 11.4 Å². The van der Waals surface area contributed by atoms with Gasteiger partial charge in [-0.15, -0.1) is 0 Å². The SMILES string of the molecule is Cc1cc(-n2c(-c3cc(C(C)(C)C)cc(C(C)(C)C)c3O)nc3c(-c4cc(-c5cc(-c6ccc(-c7ccccc7)cc6)ccn5)cc(C(C)(C)C)c4)cccc32)c(-c2ccc(C(C)(C)C)cc2)cc1-c1ccccc1. The lowest BCUT2D eigenvalue weighted by atomic mass is 9.79. The molecule has 0 saturated carbocycles. The van der Waals surface area contributed by atoms with Crippen LogP contribution in [0.4, 0.5) is 0 Å². The molecule has 0 radical (unpaired) electrons. The third kappa shape index (κ3) is 10.1. The summed E-state index contributed by atoms with van der Waals surface area (Å²) in [4.78, 5) is 10.8. The molecule has 10 aromatic rings. The monoisotopic (exact) mass is 982 g/mol. The maximum Gasteiger partial charge on any atom is 0.149 e. The van der Waals surface area contributed by atoms with E-state index in [4.69, 9.17) is 9.97 Å². The molecule has 0 amide bonds. The summed E-state index contributed by atoms with van der Waals surface area (Å²) in [6.07, 6.45) is 1.93. The first-order chi connectivity index (χ1) is 35.5. The van der Waals surface area contributed by atoms with Gasteiger partial charge in [0.05, 0.1) is 28.0 Å². The predicted molar refractivity (Wildman–Crippen MR) is 318 cm³/mol. The number of hydrogen-bond acceptors (Lipinski definition) is 3. The van der Waals surface area contributed by atoms with Crippen LogP contribution in [0.5, 0.6) is 5.75 Å². The summed E-state index contributed by atoms with van der Waals surface area (Å²) in [6, 6.07) is 65.9. The van der Waals surface area contributed by atoms with Crippen LogP contribution in [-0.2, 0) is 21.7 Å². The summed E-state index contributed by atoms with van der Waals surface area (Å²) in [7, 11) is 0. The second-order valence-corrected chi connectivity index (χ2v) is 24.7. The smallest absolute Gasteiger partial charge is 0.149 e. The molecule has 0 bridgehead atoms. The van der Waals surface area contributed by atoms with E-state index in [0.717, 1.165) is 83.6 Å². The fraction of sp³-hybridized carbons (Fsp3) is 0.239. The highest BCUT2D eigenvalue weighted by atomic mass is 16.3. The van der Waals surface area contributed by atoms with Crippen LogP contribution in [0.3, 0.4) is 0 Å². The minimum atomic E-state index is -0.350. The molecule has 0 unspecified atom stereocenters. The largest absolute Gasteiger partial charge is 0.507 e. The van der Waals surface area contributed by atoms with Crippen LogP contribution in [-0.4, -0.2) is 19.6 Å². The molecule has 8 aromatic carbocycles. The second kappa shape index (κ2) is 19.1. The van der Waals surface area contributed by atoms with Crippen molar-refractivity contribution < 1.29 is 5.11 Å². The van der Waals surface area contributed by atoms with Crippen molar-refractivity contribution in [3.8, 4) is 89.7 Å².